The minimum Gasteiger partial charge on any atom is -0.240 e. The monoisotopic (exact) mass is 232 g/mol. The number of halogens is 2. The SMILES string of the molecule is CC(C)CC(Cl)Cc1ncc(Cl)cn1. The Kier molecular flexibility index (Phi) is 4.63. The van der Waals surface area contributed by atoms with Gasteiger partial charge in [0.15, 0.2) is 0 Å². The molecule has 0 spiro atoms. The van der Waals surface area contributed by atoms with Gasteiger partial charge in [-0.05, 0) is 12.3 Å². The van der Waals surface area contributed by atoms with E-state index in [2.05, 4.69) is 23.8 Å². The van der Waals surface area contributed by atoms with Gasteiger partial charge in [0.1, 0.15) is 5.82 Å². The van der Waals surface area contributed by atoms with E-state index in [9.17, 15) is 0 Å². The van der Waals surface area contributed by atoms with Crippen LogP contribution in [0, 0.1) is 5.92 Å². The Morgan fingerprint density at radius 1 is 1.29 bits per heavy atom. The number of nitrogens with zero attached hydrogens (tertiary/aromatic N) is 2. The predicted octanol–water partition coefficient (Wildman–Crippen LogP) is 3.33. The van der Waals surface area contributed by atoms with E-state index in [1.54, 1.807) is 12.4 Å². The number of alkyl halides is 1. The van der Waals surface area contributed by atoms with Crippen LogP contribution in [0.25, 0.3) is 0 Å². The van der Waals surface area contributed by atoms with Crippen LogP contribution in [-0.4, -0.2) is 15.3 Å². The van der Waals surface area contributed by atoms with Crippen LogP contribution in [0.1, 0.15) is 26.1 Å². The Balaban J connectivity index is 2.47. The van der Waals surface area contributed by atoms with E-state index in [-0.39, 0.29) is 5.38 Å². The molecule has 0 aliphatic rings. The van der Waals surface area contributed by atoms with Gasteiger partial charge in [-0.15, -0.1) is 11.6 Å². The summed E-state index contributed by atoms with van der Waals surface area (Å²) in [5.41, 5.74) is 0. The summed E-state index contributed by atoms with van der Waals surface area (Å²) in [6.07, 6.45) is 4.89. The van der Waals surface area contributed by atoms with Crippen LogP contribution in [-0.2, 0) is 6.42 Å². The highest BCUT2D eigenvalue weighted by Crippen LogP contribution is 2.14. The molecule has 1 rings (SSSR count). The number of hydrogen-bond donors (Lipinski definition) is 0. The molecule has 14 heavy (non-hydrogen) atoms. The van der Waals surface area contributed by atoms with Crippen molar-refractivity contribution in [2.24, 2.45) is 5.92 Å². The molecular weight excluding hydrogens is 219 g/mol. The van der Waals surface area contributed by atoms with Gasteiger partial charge in [0.25, 0.3) is 0 Å². The molecule has 0 fully saturated rings. The summed E-state index contributed by atoms with van der Waals surface area (Å²) >= 11 is 11.8. The third kappa shape index (κ3) is 4.25. The normalized spacial score (nSPS) is 13.2. The van der Waals surface area contributed by atoms with Crippen molar-refractivity contribution < 1.29 is 0 Å². The van der Waals surface area contributed by atoms with Crippen molar-refractivity contribution >= 4 is 23.2 Å². The fourth-order valence-electron chi connectivity index (χ4n) is 1.24. The standard InChI is InChI=1S/C10H14Cl2N2/c1-7(2)3-8(11)4-10-13-5-9(12)6-14-10/h5-8H,3-4H2,1-2H3. The van der Waals surface area contributed by atoms with Gasteiger partial charge in [-0.3, -0.25) is 0 Å². The smallest absolute Gasteiger partial charge is 0.129 e. The van der Waals surface area contributed by atoms with Crippen LogP contribution >= 0.6 is 23.2 Å². The highest BCUT2D eigenvalue weighted by Gasteiger charge is 2.09. The lowest BCUT2D eigenvalue weighted by Crippen LogP contribution is -2.09. The molecule has 78 valence electrons. The molecule has 1 unspecified atom stereocenters. The average molecular weight is 233 g/mol. The molecule has 0 radical (unpaired) electrons. The molecule has 0 aliphatic carbocycles. The van der Waals surface area contributed by atoms with Crippen LogP contribution in [0.3, 0.4) is 0 Å². The lowest BCUT2D eigenvalue weighted by molar-refractivity contribution is 0.555. The van der Waals surface area contributed by atoms with Crippen molar-refractivity contribution in [3.8, 4) is 0 Å². The molecule has 1 aromatic heterocycles. The van der Waals surface area contributed by atoms with Gasteiger partial charge < -0.3 is 0 Å². The number of aromatic nitrogens is 2. The second-order valence-electron chi connectivity index (χ2n) is 3.75. The summed E-state index contributed by atoms with van der Waals surface area (Å²) in [7, 11) is 0. The summed E-state index contributed by atoms with van der Waals surface area (Å²) in [6.45, 7) is 4.30. The van der Waals surface area contributed by atoms with Crippen LogP contribution < -0.4 is 0 Å². The molecule has 0 N–H and O–H groups in total. The van der Waals surface area contributed by atoms with Gasteiger partial charge in [0.05, 0.1) is 5.02 Å². The zero-order valence-corrected chi connectivity index (χ0v) is 9.89. The maximum atomic E-state index is 6.14. The van der Waals surface area contributed by atoms with Crippen molar-refractivity contribution in [1.29, 1.82) is 0 Å². The molecule has 2 nitrogen and oxygen atoms in total. The molecule has 4 heteroatoms. The summed E-state index contributed by atoms with van der Waals surface area (Å²) in [5.74, 6) is 1.36. The Bertz CT molecular complexity index is 272. The van der Waals surface area contributed by atoms with Crippen LogP contribution in [0.15, 0.2) is 12.4 Å². The highest BCUT2D eigenvalue weighted by atomic mass is 35.5. The molecule has 0 aliphatic heterocycles. The summed E-state index contributed by atoms with van der Waals surface area (Å²) in [5, 5.41) is 0.667. The van der Waals surface area contributed by atoms with Gasteiger partial charge in [-0.2, -0.15) is 0 Å². The fourth-order valence-corrected chi connectivity index (χ4v) is 1.83. The molecule has 0 saturated carbocycles. The minimum absolute atomic E-state index is 0.108. The third-order valence-corrected chi connectivity index (χ3v) is 2.33. The van der Waals surface area contributed by atoms with Crippen molar-refractivity contribution in [2.75, 3.05) is 0 Å². The first-order chi connectivity index (χ1) is 6.58. The Morgan fingerprint density at radius 2 is 1.86 bits per heavy atom. The summed E-state index contributed by atoms with van der Waals surface area (Å²) in [6, 6.07) is 0. The molecule has 0 bridgehead atoms. The van der Waals surface area contributed by atoms with Gasteiger partial charge in [-0.25, -0.2) is 9.97 Å². The molecule has 1 atom stereocenters. The van der Waals surface area contributed by atoms with Gasteiger partial charge in [0, 0.05) is 24.2 Å². The Morgan fingerprint density at radius 3 is 2.36 bits per heavy atom. The lowest BCUT2D eigenvalue weighted by atomic mass is 10.1. The summed E-state index contributed by atoms with van der Waals surface area (Å²) < 4.78 is 0. The van der Waals surface area contributed by atoms with Crippen LogP contribution in [0.5, 0.6) is 0 Å². The minimum atomic E-state index is 0.108. The second kappa shape index (κ2) is 5.52. The highest BCUT2D eigenvalue weighted by molar-refractivity contribution is 6.30. The zero-order valence-electron chi connectivity index (χ0n) is 8.37. The van der Waals surface area contributed by atoms with Crippen molar-refractivity contribution in [1.82, 2.24) is 9.97 Å². The molecular formula is C10H14Cl2N2. The molecule has 0 aromatic carbocycles. The van der Waals surface area contributed by atoms with Gasteiger partial charge in [-0.1, -0.05) is 25.4 Å². The van der Waals surface area contributed by atoms with Crippen LogP contribution in [0.2, 0.25) is 5.02 Å². The summed E-state index contributed by atoms with van der Waals surface area (Å²) in [4.78, 5) is 8.20. The van der Waals surface area contributed by atoms with E-state index < -0.39 is 0 Å². The molecule has 0 amide bonds. The second-order valence-corrected chi connectivity index (χ2v) is 4.80. The van der Waals surface area contributed by atoms with E-state index in [0.717, 1.165) is 12.2 Å². The van der Waals surface area contributed by atoms with Gasteiger partial charge in [0.2, 0.25) is 0 Å². The number of hydrogen-bond acceptors (Lipinski definition) is 2. The number of rotatable bonds is 4. The van der Waals surface area contributed by atoms with E-state index in [1.165, 1.54) is 0 Å². The van der Waals surface area contributed by atoms with Crippen molar-refractivity contribution in [3.05, 3.63) is 23.2 Å². The largest absolute Gasteiger partial charge is 0.240 e. The average Bonchev–Trinajstić information content (AvgIpc) is 2.07. The van der Waals surface area contributed by atoms with Gasteiger partial charge >= 0.3 is 0 Å². The molecule has 0 saturated heterocycles. The Labute approximate surface area is 94.7 Å². The van der Waals surface area contributed by atoms with Crippen LogP contribution in [0.4, 0.5) is 0 Å². The maximum Gasteiger partial charge on any atom is 0.129 e. The fraction of sp³-hybridized carbons (Fsp3) is 0.600. The third-order valence-electron chi connectivity index (χ3n) is 1.81. The van der Waals surface area contributed by atoms with E-state index in [1.807, 2.05) is 0 Å². The first kappa shape index (κ1) is 11.7. The zero-order chi connectivity index (χ0) is 10.6. The molecule has 1 heterocycles. The van der Waals surface area contributed by atoms with Crippen molar-refractivity contribution in [2.45, 2.75) is 32.1 Å². The maximum absolute atomic E-state index is 6.14. The van der Waals surface area contributed by atoms with E-state index >= 15 is 0 Å². The quantitative estimate of drug-likeness (QED) is 0.745. The first-order valence-corrected chi connectivity index (χ1v) is 5.50. The van der Waals surface area contributed by atoms with E-state index in [4.69, 9.17) is 23.2 Å². The van der Waals surface area contributed by atoms with Crippen molar-refractivity contribution in [3.63, 3.8) is 0 Å². The lowest BCUT2D eigenvalue weighted by Gasteiger charge is -2.10. The Hall–Kier alpha value is -0.340. The molecule has 1 aromatic rings. The first-order valence-electron chi connectivity index (χ1n) is 4.68. The topological polar surface area (TPSA) is 25.8 Å². The van der Waals surface area contributed by atoms with E-state index in [0.29, 0.717) is 17.4 Å². The predicted molar refractivity (Wildman–Crippen MR) is 59.8 cm³/mol.